The SMILES string of the molecule is CSCC(C)(O)CNC(C)c1ccc(Br)cc1. The van der Waals surface area contributed by atoms with E-state index >= 15 is 0 Å². The second kappa shape index (κ2) is 6.78. The molecule has 1 rings (SSSR count). The summed E-state index contributed by atoms with van der Waals surface area (Å²) in [6, 6.07) is 8.49. The van der Waals surface area contributed by atoms with Gasteiger partial charge in [-0.15, -0.1) is 0 Å². The Kier molecular flexibility index (Phi) is 6.00. The normalized spacial score (nSPS) is 16.5. The summed E-state index contributed by atoms with van der Waals surface area (Å²) in [6.07, 6.45) is 2.01. The Hall–Kier alpha value is -0.0300. The summed E-state index contributed by atoms with van der Waals surface area (Å²) < 4.78 is 1.09. The Morgan fingerprint density at radius 1 is 1.41 bits per heavy atom. The zero-order chi connectivity index (χ0) is 12.9. The number of rotatable bonds is 6. The van der Waals surface area contributed by atoms with Crippen molar-refractivity contribution in [2.24, 2.45) is 0 Å². The Balaban J connectivity index is 2.49. The Bertz CT molecular complexity index is 340. The highest BCUT2D eigenvalue weighted by Gasteiger charge is 2.20. The van der Waals surface area contributed by atoms with E-state index in [0.29, 0.717) is 6.54 Å². The molecule has 2 unspecified atom stereocenters. The lowest BCUT2D eigenvalue weighted by Crippen LogP contribution is -2.40. The van der Waals surface area contributed by atoms with E-state index in [9.17, 15) is 5.11 Å². The van der Waals surface area contributed by atoms with Crippen LogP contribution in [0.3, 0.4) is 0 Å². The molecule has 2 atom stereocenters. The molecule has 4 heteroatoms. The maximum atomic E-state index is 10.1. The fourth-order valence-electron chi connectivity index (χ4n) is 1.60. The molecule has 0 spiro atoms. The zero-order valence-corrected chi connectivity index (χ0v) is 12.9. The molecule has 96 valence electrons. The van der Waals surface area contributed by atoms with Crippen LogP contribution in [0.5, 0.6) is 0 Å². The molecular formula is C13H20BrNOS. The molecule has 0 radical (unpaired) electrons. The number of thioether (sulfide) groups is 1. The molecule has 0 heterocycles. The quantitative estimate of drug-likeness (QED) is 0.845. The second-order valence-corrected chi connectivity index (χ2v) is 6.37. The van der Waals surface area contributed by atoms with Gasteiger partial charge in [-0.3, -0.25) is 0 Å². The van der Waals surface area contributed by atoms with Gasteiger partial charge in [0.2, 0.25) is 0 Å². The van der Waals surface area contributed by atoms with Gasteiger partial charge in [0.05, 0.1) is 5.60 Å². The predicted molar refractivity (Wildman–Crippen MR) is 79.6 cm³/mol. The van der Waals surface area contributed by atoms with Crippen LogP contribution < -0.4 is 5.32 Å². The largest absolute Gasteiger partial charge is 0.388 e. The number of nitrogens with one attached hydrogen (secondary N) is 1. The van der Waals surface area contributed by atoms with Gasteiger partial charge in [0.15, 0.2) is 0 Å². The van der Waals surface area contributed by atoms with Gasteiger partial charge < -0.3 is 10.4 Å². The van der Waals surface area contributed by atoms with Crippen molar-refractivity contribution >= 4 is 27.7 Å². The summed E-state index contributed by atoms with van der Waals surface area (Å²) in [6.45, 7) is 4.58. The first kappa shape index (κ1) is 15.0. The molecule has 0 bridgehead atoms. The molecule has 0 aliphatic heterocycles. The number of halogens is 1. The zero-order valence-electron chi connectivity index (χ0n) is 10.5. The van der Waals surface area contributed by atoms with Gasteiger partial charge >= 0.3 is 0 Å². The van der Waals surface area contributed by atoms with Crippen LogP contribution in [0.2, 0.25) is 0 Å². The topological polar surface area (TPSA) is 32.3 Å². The van der Waals surface area contributed by atoms with Crippen LogP contribution in [0.4, 0.5) is 0 Å². The molecule has 0 saturated heterocycles. The number of benzene rings is 1. The monoisotopic (exact) mass is 317 g/mol. The van der Waals surface area contributed by atoms with Crippen molar-refractivity contribution in [3.8, 4) is 0 Å². The first-order valence-corrected chi connectivity index (χ1v) is 7.83. The molecular weight excluding hydrogens is 298 g/mol. The van der Waals surface area contributed by atoms with E-state index in [1.54, 1.807) is 11.8 Å². The molecule has 0 saturated carbocycles. The second-order valence-electron chi connectivity index (χ2n) is 4.58. The van der Waals surface area contributed by atoms with Gasteiger partial charge in [-0.1, -0.05) is 28.1 Å². The van der Waals surface area contributed by atoms with E-state index in [-0.39, 0.29) is 6.04 Å². The van der Waals surface area contributed by atoms with Crippen molar-refractivity contribution in [2.45, 2.75) is 25.5 Å². The smallest absolute Gasteiger partial charge is 0.0833 e. The predicted octanol–water partition coefficient (Wildman–Crippen LogP) is 3.21. The van der Waals surface area contributed by atoms with Gasteiger partial charge in [-0.2, -0.15) is 11.8 Å². The van der Waals surface area contributed by atoms with Crippen LogP contribution in [0.25, 0.3) is 0 Å². The maximum absolute atomic E-state index is 10.1. The third-order valence-electron chi connectivity index (χ3n) is 2.61. The minimum atomic E-state index is -0.650. The van der Waals surface area contributed by atoms with Crippen molar-refractivity contribution in [3.63, 3.8) is 0 Å². The van der Waals surface area contributed by atoms with Crippen molar-refractivity contribution in [3.05, 3.63) is 34.3 Å². The fraction of sp³-hybridized carbons (Fsp3) is 0.538. The number of hydrogen-bond donors (Lipinski definition) is 2. The Labute approximate surface area is 116 Å². The first-order valence-electron chi connectivity index (χ1n) is 5.65. The van der Waals surface area contributed by atoms with Crippen LogP contribution in [-0.2, 0) is 0 Å². The van der Waals surface area contributed by atoms with Crippen LogP contribution >= 0.6 is 27.7 Å². The number of aliphatic hydroxyl groups is 1. The van der Waals surface area contributed by atoms with Gasteiger partial charge in [0, 0.05) is 22.8 Å². The number of hydrogen-bond acceptors (Lipinski definition) is 3. The molecule has 1 aromatic carbocycles. The molecule has 2 nitrogen and oxygen atoms in total. The molecule has 0 amide bonds. The van der Waals surface area contributed by atoms with Crippen LogP contribution in [0.1, 0.15) is 25.5 Å². The Morgan fingerprint density at radius 3 is 2.53 bits per heavy atom. The van der Waals surface area contributed by atoms with E-state index in [4.69, 9.17) is 0 Å². The first-order chi connectivity index (χ1) is 7.94. The third kappa shape index (κ3) is 5.42. The summed E-state index contributed by atoms with van der Waals surface area (Å²) >= 11 is 5.08. The molecule has 0 aliphatic rings. The van der Waals surface area contributed by atoms with E-state index in [1.165, 1.54) is 5.56 Å². The van der Waals surface area contributed by atoms with Crippen molar-refractivity contribution in [2.75, 3.05) is 18.6 Å². The summed E-state index contributed by atoms with van der Waals surface area (Å²) in [7, 11) is 0. The van der Waals surface area contributed by atoms with Crippen LogP contribution in [0.15, 0.2) is 28.7 Å². The average Bonchev–Trinajstić information content (AvgIpc) is 2.27. The molecule has 17 heavy (non-hydrogen) atoms. The summed E-state index contributed by atoms with van der Waals surface area (Å²) in [5.41, 5.74) is 0.580. The minimum absolute atomic E-state index is 0.247. The lowest BCUT2D eigenvalue weighted by Gasteiger charge is -2.25. The third-order valence-corrected chi connectivity index (χ3v) is 4.05. The molecule has 0 aromatic heterocycles. The van der Waals surface area contributed by atoms with Crippen molar-refractivity contribution in [1.82, 2.24) is 5.32 Å². The van der Waals surface area contributed by atoms with Gasteiger partial charge in [0.1, 0.15) is 0 Å². The van der Waals surface area contributed by atoms with Crippen LogP contribution in [-0.4, -0.2) is 29.3 Å². The highest BCUT2D eigenvalue weighted by molar-refractivity contribution is 9.10. The summed E-state index contributed by atoms with van der Waals surface area (Å²) in [4.78, 5) is 0. The molecule has 1 aromatic rings. The van der Waals surface area contributed by atoms with Crippen LogP contribution in [0, 0.1) is 0 Å². The van der Waals surface area contributed by atoms with Crippen molar-refractivity contribution < 1.29 is 5.11 Å². The average molecular weight is 318 g/mol. The molecule has 0 aliphatic carbocycles. The molecule has 2 N–H and O–H groups in total. The summed E-state index contributed by atoms with van der Waals surface area (Å²) in [5.74, 6) is 0.743. The Morgan fingerprint density at radius 2 is 2.00 bits per heavy atom. The van der Waals surface area contributed by atoms with E-state index in [1.807, 2.05) is 25.3 Å². The highest BCUT2D eigenvalue weighted by Crippen LogP contribution is 2.17. The minimum Gasteiger partial charge on any atom is -0.388 e. The standard InChI is InChI=1S/C13H20BrNOS/c1-10(11-4-6-12(14)7-5-11)15-8-13(2,16)9-17-3/h4-7,10,15-16H,8-9H2,1-3H3. The van der Waals surface area contributed by atoms with Gasteiger partial charge in [-0.05, 0) is 37.8 Å². The van der Waals surface area contributed by atoms with E-state index in [0.717, 1.165) is 10.2 Å². The summed E-state index contributed by atoms with van der Waals surface area (Å²) in [5, 5.41) is 13.4. The van der Waals surface area contributed by atoms with E-state index in [2.05, 4.69) is 40.3 Å². The lowest BCUT2D eigenvalue weighted by molar-refractivity contribution is 0.0821. The maximum Gasteiger partial charge on any atom is 0.0833 e. The molecule has 0 fully saturated rings. The highest BCUT2D eigenvalue weighted by atomic mass is 79.9. The van der Waals surface area contributed by atoms with Gasteiger partial charge in [0.25, 0.3) is 0 Å². The van der Waals surface area contributed by atoms with E-state index < -0.39 is 5.60 Å². The van der Waals surface area contributed by atoms with Gasteiger partial charge in [-0.25, -0.2) is 0 Å². The fourth-order valence-corrected chi connectivity index (χ4v) is 2.59. The lowest BCUT2D eigenvalue weighted by atomic mass is 10.1. The van der Waals surface area contributed by atoms with Crippen molar-refractivity contribution in [1.29, 1.82) is 0 Å².